The second-order valence-electron chi connectivity index (χ2n) is 9.15. The number of methoxy groups -OCH3 is 1. The smallest absolute Gasteiger partial charge is 0.318 e. The van der Waals surface area contributed by atoms with Crippen molar-refractivity contribution in [2.75, 3.05) is 12.4 Å². The van der Waals surface area contributed by atoms with Crippen LogP contribution in [0.3, 0.4) is 0 Å². The Morgan fingerprint density at radius 1 is 0.951 bits per heavy atom. The number of rotatable bonds is 9. The normalized spacial score (nSPS) is 12.5. The molecule has 4 aromatic rings. The van der Waals surface area contributed by atoms with Gasteiger partial charge in [-0.15, -0.1) is 11.3 Å². The number of para-hydroxylation sites is 1. The second kappa shape index (κ2) is 12.0. The Morgan fingerprint density at radius 2 is 1.71 bits per heavy atom. The second-order valence-corrected chi connectivity index (χ2v) is 10.2. The quantitative estimate of drug-likeness (QED) is 0.126. The van der Waals surface area contributed by atoms with E-state index in [0.717, 1.165) is 43.4 Å². The summed E-state index contributed by atoms with van der Waals surface area (Å²) in [7, 11) is 1.42. The number of nitro groups is 2. The maximum Gasteiger partial charge on any atom is 0.318 e. The summed E-state index contributed by atoms with van der Waals surface area (Å²) in [6.07, 6.45) is 5.45. The molecule has 12 heteroatoms. The van der Waals surface area contributed by atoms with Gasteiger partial charge in [-0.2, -0.15) is 0 Å². The zero-order chi connectivity index (χ0) is 28.9. The molecule has 0 atom stereocenters. The van der Waals surface area contributed by atoms with Crippen LogP contribution >= 0.6 is 11.3 Å². The van der Waals surface area contributed by atoms with Crippen molar-refractivity contribution in [3.63, 3.8) is 0 Å². The highest BCUT2D eigenvalue weighted by Crippen LogP contribution is 2.41. The average molecular weight is 573 g/mol. The molecule has 1 N–H and O–H groups in total. The molecule has 1 aliphatic rings. The van der Waals surface area contributed by atoms with Crippen LogP contribution in [0.4, 0.5) is 22.1 Å². The maximum atomic E-state index is 13.3. The van der Waals surface area contributed by atoms with E-state index in [1.165, 1.54) is 29.4 Å². The molecule has 1 aliphatic carbocycles. The minimum atomic E-state index is -0.748. The molecule has 0 saturated carbocycles. The van der Waals surface area contributed by atoms with Crippen molar-refractivity contribution >= 4 is 45.5 Å². The molecule has 0 fully saturated rings. The van der Waals surface area contributed by atoms with E-state index in [4.69, 9.17) is 9.47 Å². The van der Waals surface area contributed by atoms with E-state index >= 15 is 0 Å². The molecule has 1 aromatic heterocycles. The number of non-ortho nitro benzene ring substituents is 1. The molecule has 1 amide bonds. The zero-order valence-electron chi connectivity index (χ0n) is 21.9. The van der Waals surface area contributed by atoms with Gasteiger partial charge in [0, 0.05) is 22.8 Å². The standard InChI is InChI=1S/C29H24N4O7S/c1-39-25-15-18(11-13-24(25)40-23-14-12-20(32(35)36)16-22(23)33(37)38)17-30-29-27(21-9-5-6-10-26(21)41-29)28(34)31-19-7-3-2-4-8-19/h2-4,7-8,11-17H,5-6,9-10H2,1H3,(H,31,34). The van der Waals surface area contributed by atoms with Gasteiger partial charge >= 0.3 is 5.69 Å². The monoisotopic (exact) mass is 572 g/mol. The Hall–Kier alpha value is -5.10. The number of nitrogens with one attached hydrogen (secondary N) is 1. The van der Waals surface area contributed by atoms with E-state index in [-0.39, 0.29) is 23.2 Å². The number of aliphatic imine (C=N–C) groups is 1. The highest BCUT2D eigenvalue weighted by Gasteiger charge is 2.26. The summed E-state index contributed by atoms with van der Waals surface area (Å²) in [5.41, 5.74) is 2.02. The van der Waals surface area contributed by atoms with Crippen LogP contribution in [0.25, 0.3) is 0 Å². The van der Waals surface area contributed by atoms with Gasteiger partial charge in [-0.25, -0.2) is 4.99 Å². The summed E-state index contributed by atoms with van der Waals surface area (Å²) < 4.78 is 11.2. The first kappa shape index (κ1) is 27.5. The van der Waals surface area contributed by atoms with Gasteiger partial charge in [0.1, 0.15) is 5.00 Å². The van der Waals surface area contributed by atoms with Crippen molar-refractivity contribution in [3.8, 4) is 17.2 Å². The van der Waals surface area contributed by atoms with Gasteiger partial charge < -0.3 is 14.8 Å². The highest BCUT2D eigenvalue weighted by atomic mass is 32.1. The molecule has 208 valence electrons. The van der Waals surface area contributed by atoms with Gasteiger partial charge in [-0.05, 0) is 73.2 Å². The first-order valence-corrected chi connectivity index (χ1v) is 13.5. The Balaban J connectivity index is 1.42. The first-order valence-electron chi connectivity index (χ1n) is 12.7. The van der Waals surface area contributed by atoms with Crippen molar-refractivity contribution in [2.45, 2.75) is 25.7 Å². The summed E-state index contributed by atoms with van der Waals surface area (Å²) in [6, 6.07) is 17.3. The van der Waals surface area contributed by atoms with Crippen molar-refractivity contribution in [1.29, 1.82) is 0 Å². The number of aryl methyl sites for hydroxylation is 1. The minimum absolute atomic E-state index is 0.168. The predicted molar refractivity (Wildman–Crippen MR) is 155 cm³/mol. The Morgan fingerprint density at radius 3 is 2.44 bits per heavy atom. The Labute approximate surface area is 238 Å². The number of carbonyl (C=O) groups excluding carboxylic acids is 1. The lowest BCUT2D eigenvalue weighted by Gasteiger charge is -2.12. The number of hydrogen-bond donors (Lipinski definition) is 1. The van der Waals surface area contributed by atoms with E-state index in [0.29, 0.717) is 21.8 Å². The topological polar surface area (TPSA) is 146 Å². The SMILES string of the molecule is COc1cc(C=Nc2sc3c(c2C(=O)Nc2ccccc2)CCCC3)ccc1Oc1ccc([N+](=O)[O-])cc1[N+](=O)[O-]. The molecule has 1 heterocycles. The summed E-state index contributed by atoms with van der Waals surface area (Å²) in [5, 5.41) is 26.1. The van der Waals surface area contributed by atoms with Gasteiger partial charge in [-0.1, -0.05) is 18.2 Å². The van der Waals surface area contributed by atoms with Crippen molar-refractivity contribution in [2.24, 2.45) is 4.99 Å². The number of thiophene rings is 1. The number of benzene rings is 3. The summed E-state index contributed by atoms with van der Waals surface area (Å²) in [5.74, 6) is 0.0811. The number of nitrogens with zero attached hydrogens (tertiary/aromatic N) is 3. The fourth-order valence-corrected chi connectivity index (χ4v) is 5.77. The molecule has 0 unspecified atom stereocenters. The van der Waals surface area contributed by atoms with Gasteiger partial charge in [0.05, 0.1) is 28.6 Å². The number of fused-ring (bicyclic) bond motifs is 1. The lowest BCUT2D eigenvalue weighted by Crippen LogP contribution is -2.14. The van der Waals surface area contributed by atoms with Crippen LogP contribution in [-0.2, 0) is 12.8 Å². The molecule has 11 nitrogen and oxygen atoms in total. The predicted octanol–water partition coefficient (Wildman–Crippen LogP) is 7.25. The first-order chi connectivity index (χ1) is 19.8. The van der Waals surface area contributed by atoms with Crippen molar-refractivity contribution < 1.29 is 24.1 Å². The molecule has 0 spiro atoms. The van der Waals surface area contributed by atoms with Crippen molar-refractivity contribution in [3.05, 3.63) is 109 Å². The number of carbonyl (C=O) groups is 1. The maximum absolute atomic E-state index is 13.3. The molecular formula is C29H24N4O7S. The largest absolute Gasteiger partial charge is 0.493 e. The van der Waals surface area contributed by atoms with Crippen LogP contribution in [0.5, 0.6) is 17.2 Å². The molecule has 0 saturated heterocycles. The number of anilines is 1. The highest BCUT2D eigenvalue weighted by molar-refractivity contribution is 7.16. The zero-order valence-corrected chi connectivity index (χ0v) is 22.7. The average Bonchev–Trinajstić information content (AvgIpc) is 3.35. The van der Waals surface area contributed by atoms with Gasteiger partial charge in [0.25, 0.3) is 11.6 Å². The van der Waals surface area contributed by atoms with E-state index < -0.39 is 21.2 Å². The fourth-order valence-electron chi connectivity index (χ4n) is 4.54. The Kier molecular flexibility index (Phi) is 8.01. The molecular weight excluding hydrogens is 548 g/mol. The van der Waals surface area contributed by atoms with E-state index in [1.807, 2.05) is 30.3 Å². The number of nitro benzene ring substituents is 2. The lowest BCUT2D eigenvalue weighted by atomic mass is 9.95. The number of ether oxygens (including phenoxy) is 2. The van der Waals surface area contributed by atoms with Crippen LogP contribution < -0.4 is 14.8 Å². The van der Waals surface area contributed by atoms with Crippen LogP contribution in [0, 0.1) is 20.2 Å². The van der Waals surface area contributed by atoms with Crippen LogP contribution in [0.1, 0.15) is 39.2 Å². The molecule has 0 radical (unpaired) electrons. The molecule has 0 aliphatic heterocycles. The van der Waals surface area contributed by atoms with E-state index in [1.54, 1.807) is 24.4 Å². The van der Waals surface area contributed by atoms with E-state index in [9.17, 15) is 25.0 Å². The third kappa shape index (κ3) is 6.07. The van der Waals surface area contributed by atoms with Crippen LogP contribution in [-0.4, -0.2) is 29.1 Å². The molecule has 41 heavy (non-hydrogen) atoms. The molecule has 0 bridgehead atoms. The summed E-state index contributed by atoms with van der Waals surface area (Å²) in [6.45, 7) is 0. The molecule has 3 aromatic carbocycles. The van der Waals surface area contributed by atoms with Gasteiger partial charge in [0.15, 0.2) is 11.5 Å². The number of amides is 1. The van der Waals surface area contributed by atoms with Gasteiger partial charge in [0.2, 0.25) is 5.75 Å². The van der Waals surface area contributed by atoms with Gasteiger partial charge in [-0.3, -0.25) is 25.0 Å². The fraction of sp³-hybridized carbons (Fsp3) is 0.172. The summed E-state index contributed by atoms with van der Waals surface area (Å²) in [4.78, 5) is 40.2. The third-order valence-corrected chi connectivity index (χ3v) is 7.70. The summed E-state index contributed by atoms with van der Waals surface area (Å²) >= 11 is 1.52. The third-order valence-electron chi connectivity index (χ3n) is 6.50. The number of hydrogen-bond acceptors (Lipinski definition) is 9. The minimum Gasteiger partial charge on any atom is -0.493 e. The Bertz CT molecular complexity index is 1670. The van der Waals surface area contributed by atoms with Crippen LogP contribution in [0.15, 0.2) is 71.7 Å². The van der Waals surface area contributed by atoms with Crippen LogP contribution in [0.2, 0.25) is 0 Å². The lowest BCUT2D eigenvalue weighted by molar-refractivity contribution is -0.394. The van der Waals surface area contributed by atoms with E-state index in [2.05, 4.69) is 10.3 Å². The molecule has 5 rings (SSSR count). The van der Waals surface area contributed by atoms with Crippen molar-refractivity contribution in [1.82, 2.24) is 0 Å².